The van der Waals surface area contributed by atoms with Crippen molar-refractivity contribution >= 4 is 17.3 Å². The molecule has 0 atom stereocenters. The quantitative estimate of drug-likeness (QED) is 0.884. The minimum atomic E-state index is 0.527. The molecule has 2 aromatic rings. The van der Waals surface area contributed by atoms with Crippen LogP contribution in [0.5, 0.6) is 0 Å². The molecule has 0 aliphatic heterocycles. The second kappa shape index (κ2) is 5.45. The topological polar surface area (TPSA) is 24.9 Å². The lowest BCUT2D eigenvalue weighted by atomic mass is 9.75. The van der Waals surface area contributed by atoms with Crippen molar-refractivity contribution in [1.82, 2.24) is 4.98 Å². The van der Waals surface area contributed by atoms with E-state index in [-0.39, 0.29) is 0 Å². The van der Waals surface area contributed by atoms with Crippen LogP contribution in [0.25, 0.3) is 0 Å². The number of benzene rings is 1. The van der Waals surface area contributed by atoms with Crippen molar-refractivity contribution in [2.75, 3.05) is 5.32 Å². The van der Waals surface area contributed by atoms with E-state index in [9.17, 15) is 0 Å². The van der Waals surface area contributed by atoms with Gasteiger partial charge in [0.1, 0.15) is 0 Å². The van der Waals surface area contributed by atoms with Crippen LogP contribution in [0.3, 0.4) is 0 Å². The maximum Gasteiger partial charge on any atom is 0.0606 e. The van der Waals surface area contributed by atoms with Gasteiger partial charge < -0.3 is 5.32 Å². The van der Waals surface area contributed by atoms with Crippen molar-refractivity contribution in [1.29, 1.82) is 0 Å². The van der Waals surface area contributed by atoms with Gasteiger partial charge in [-0.15, -0.1) is 0 Å². The van der Waals surface area contributed by atoms with E-state index in [2.05, 4.69) is 41.5 Å². The predicted molar refractivity (Wildman–Crippen MR) is 84.5 cm³/mol. The van der Waals surface area contributed by atoms with E-state index in [1.165, 1.54) is 5.56 Å². The molecule has 1 saturated carbocycles. The molecule has 1 fully saturated rings. The van der Waals surface area contributed by atoms with Gasteiger partial charge in [0.2, 0.25) is 0 Å². The van der Waals surface area contributed by atoms with Crippen LogP contribution in [0.1, 0.15) is 35.7 Å². The molecular formula is C17H19ClN2. The molecule has 1 aromatic heterocycles. The number of rotatable bonds is 3. The minimum absolute atomic E-state index is 0.527. The first-order valence-electron chi connectivity index (χ1n) is 7.08. The smallest absolute Gasteiger partial charge is 0.0606 e. The Bertz CT molecular complexity index is 618. The summed E-state index contributed by atoms with van der Waals surface area (Å²) in [5.74, 6) is 0.583. The monoisotopic (exact) mass is 286 g/mol. The van der Waals surface area contributed by atoms with Gasteiger partial charge in [-0.3, -0.25) is 4.98 Å². The largest absolute Gasteiger partial charge is 0.381 e. The number of aromatic nitrogens is 1. The number of hydrogen-bond donors (Lipinski definition) is 1. The molecule has 1 N–H and O–H groups in total. The Balaban J connectivity index is 1.62. The van der Waals surface area contributed by atoms with Crippen LogP contribution in [-0.2, 0) is 0 Å². The van der Waals surface area contributed by atoms with E-state index in [1.807, 2.05) is 19.1 Å². The molecule has 0 amide bonds. The molecule has 1 heterocycles. The highest BCUT2D eigenvalue weighted by atomic mass is 35.5. The standard InChI is InChI=1S/C17H19ClN2/c1-11-7-8-17(12(2)19-11)20-14-9-13(10-14)15-5-3-4-6-16(15)18/h3-8,13-14,20H,9-10H2,1-2H3. The molecule has 2 nitrogen and oxygen atoms in total. The van der Waals surface area contributed by atoms with Gasteiger partial charge in [-0.1, -0.05) is 29.8 Å². The van der Waals surface area contributed by atoms with Gasteiger partial charge in [0, 0.05) is 16.8 Å². The molecular weight excluding hydrogens is 268 g/mol. The third kappa shape index (κ3) is 2.66. The van der Waals surface area contributed by atoms with Crippen LogP contribution in [-0.4, -0.2) is 11.0 Å². The van der Waals surface area contributed by atoms with E-state index in [1.54, 1.807) is 0 Å². The van der Waals surface area contributed by atoms with Gasteiger partial charge in [0.05, 0.1) is 11.4 Å². The van der Waals surface area contributed by atoms with Crippen molar-refractivity contribution < 1.29 is 0 Å². The summed E-state index contributed by atoms with van der Waals surface area (Å²) >= 11 is 6.25. The zero-order valence-corrected chi connectivity index (χ0v) is 12.6. The number of halogens is 1. The summed E-state index contributed by atoms with van der Waals surface area (Å²) < 4.78 is 0. The molecule has 0 saturated heterocycles. The second-order valence-corrected chi connectivity index (χ2v) is 6.02. The first-order valence-corrected chi connectivity index (χ1v) is 7.46. The van der Waals surface area contributed by atoms with E-state index >= 15 is 0 Å². The van der Waals surface area contributed by atoms with E-state index in [0.29, 0.717) is 12.0 Å². The number of nitrogens with zero attached hydrogens (tertiary/aromatic N) is 1. The van der Waals surface area contributed by atoms with Gasteiger partial charge in [-0.2, -0.15) is 0 Å². The van der Waals surface area contributed by atoms with Crippen molar-refractivity contribution in [2.24, 2.45) is 0 Å². The number of anilines is 1. The summed E-state index contributed by atoms with van der Waals surface area (Å²) in [6.07, 6.45) is 2.27. The summed E-state index contributed by atoms with van der Waals surface area (Å²) in [5, 5.41) is 4.48. The van der Waals surface area contributed by atoms with Gasteiger partial charge in [0.25, 0.3) is 0 Å². The van der Waals surface area contributed by atoms with Gasteiger partial charge in [-0.05, 0) is 56.4 Å². The van der Waals surface area contributed by atoms with Crippen LogP contribution >= 0.6 is 11.6 Å². The first-order chi connectivity index (χ1) is 9.63. The van der Waals surface area contributed by atoms with E-state index in [4.69, 9.17) is 11.6 Å². The van der Waals surface area contributed by atoms with E-state index in [0.717, 1.165) is 34.9 Å². The van der Waals surface area contributed by atoms with Crippen LogP contribution in [0, 0.1) is 13.8 Å². The number of aryl methyl sites for hydroxylation is 2. The minimum Gasteiger partial charge on any atom is -0.381 e. The molecule has 1 aromatic carbocycles. The van der Waals surface area contributed by atoms with Gasteiger partial charge in [-0.25, -0.2) is 0 Å². The van der Waals surface area contributed by atoms with Crippen LogP contribution in [0.4, 0.5) is 5.69 Å². The summed E-state index contributed by atoms with van der Waals surface area (Å²) in [5.41, 5.74) is 4.57. The van der Waals surface area contributed by atoms with Crippen molar-refractivity contribution in [3.05, 3.63) is 58.4 Å². The third-order valence-corrected chi connectivity index (χ3v) is 4.41. The highest BCUT2D eigenvalue weighted by Gasteiger charge is 2.31. The molecule has 0 bridgehead atoms. The lowest BCUT2D eigenvalue weighted by molar-refractivity contribution is 0.374. The zero-order valence-electron chi connectivity index (χ0n) is 11.9. The fraction of sp³-hybridized carbons (Fsp3) is 0.353. The Morgan fingerprint density at radius 2 is 1.85 bits per heavy atom. The average Bonchev–Trinajstić information content (AvgIpc) is 2.37. The fourth-order valence-electron chi connectivity index (χ4n) is 2.85. The summed E-state index contributed by atoms with van der Waals surface area (Å²) in [4.78, 5) is 4.49. The molecule has 104 valence electrons. The lowest BCUT2D eigenvalue weighted by Crippen LogP contribution is -2.34. The molecule has 1 aliphatic rings. The maximum atomic E-state index is 6.25. The third-order valence-electron chi connectivity index (χ3n) is 4.07. The Hall–Kier alpha value is -1.54. The Kier molecular flexibility index (Phi) is 3.66. The van der Waals surface area contributed by atoms with Gasteiger partial charge in [0.15, 0.2) is 0 Å². The Labute approximate surface area is 125 Å². The normalized spacial score (nSPS) is 21.4. The molecule has 0 unspecified atom stereocenters. The summed E-state index contributed by atoms with van der Waals surface area (Å²) in [7, 11) is 0. The molecule has 3 heteroatoms. The predicted octanol–water partition coefficient (Wildman–Crippen LogP) is 4.71. The SMILES string of the molecule is Cc1ccc(NC2CC(c3ccccc3Cl)C2)c(C)n1. The number of pyridine rings is 1. The van der Waals surface area contributed by atoms with Crippen molar-refractivity contribution in [2.45, 2.75) is 38.6 Å². The van der Waals surface area contributed by atoms with Gasteiger partial charge >= 0.3 is 0 Å². The average molecular weight is 287 g/mol. The molecule has 20 heavy (non-hydrogen) atoms. The highest BCUT2D eigenvalue weighted by Crippen LogP contribution is 2.41. The number of nitrogens with one attached hydrogen (secondary N) is 1. The summed E-state index contributed by atoms with van der Waals surface area (Å²) in [6.45, 7) is 4.08. The highest BCUT2D eigenvalue weighted by molar-refractivity contribution is 6.31. The number of hydrogen-bond acceptors (Lipinski definition) is 2. The van der Waals surface area contributed by atoms with Crippen molar-refractivity contribution in [3.8, 4) is 0 Å². The Morgan fingerprint density at radius 3 is 2.55 bits per heavy atom. The van der Waals surface area contributed by atoms with Crippen molar-refractivity contribution in [3.63, 3.8) is 0 Å². The lowest BCUT2D eigenvalue weighted by Gasteiger charge is -2.37. The molecule has 0 radical (unpaired) electrons. The molecule has 0 spiro atoms. The maximum absolute atomic E-state index is 6.25. The summed E-state index contributed by atoms with van der Waals surface area (Å²) in [6, 6.07) is 12.9. The fourth-order valence-corrected chi connectivity index (χ4v) is 3.14. The zero-order chi connectivity index (χ0) is 14.1. The van der Waals surface area contributed by atoms with Crippen LogP contribution in [0.15, 0.2) is 36.4 Å². The first kappa shape index (κ1) is 13.4. The van der Waals surface area contributed by atoms with Crippen LogP contribution in [0.2, 0.25) is 5.02 Å². The Morgan fingerprint density at radius 1 is 1.10 bits per heavy atom. The second-order valence-electron chi connectivity index (χ2n) is 5.62. The van der Waals surface area contributed by atoms with Crippen LogP contribution < -0.4 is 5.32 Å². The van der Waals surface area contributed by atoms with E-state index < -0.39 is 0 Å². The molecule has 3 rings (SSSR count). The molecule has 1 aliphatic carbocycles.